The number of amides is 1. The maximum Gasteiger partial charge on any atom is 0.253 e. The van der Waals surface area contributed by atoms with E-state index in [0.717, 1.165) is 18.5 Å². The third-order valence-electron chi connectivity index (χ3n) is 3.72. The van der Waals surface area contributed by atoms with E-state index in [2.05, 4.69) is 0 Å². The Kier molecular flexibility index (Phi) is 4.56. The molecule has 1 aromatic carbocycles. The van der Waals surface area contributed by atoms with Gasteiger partial charge in [-0.3, -0.25) is 4.79 Å². The first-order chi connectivity index (χ1) is 9.11. The number of hydrogen-bond donors (Lipinski definition) is 1. The van der Waals surface area contributed by atoms with Crippen LogP contribution in [0.5, 0.6) is 0 Å². The van der Waals surface area contributed by atoms with Crippen LogP contribution in [0.25, 0.3) is 0 Å². The molecule has 1 amide bonds. The van der Waals surface area contributed by atoms with Crippen molar-refractivity contribution in [2.24, 2.45) is 5.92 Å². The van der Waals surface area contributed by atoms with Gasteiger partial charge in [0.15, 0.2) is 0 Å². The molecule has 104 valence electrons. The molecular weight excluding hydrogens is 242 g/mol. The van der Waals surface area contributed by atoms with Crippen LogP contribution in [-0.2, 0) is 11.3 Å². The number of rotatable bonds is 3. The maximum atomic E-state index is 12.3. The summed E-state index contributed by atoms with van der Waals surface area (Å²) in [5, 5.41) is 9.85. The van der Waals surface area contributed by atoms with Gasteiger partial charge in [0.2, 0.25) is 0 Å². The molecule has 1 aliphatic heterocycles. The molecule has 1 fully saturated rings. The molecule has 19 heavy (non-hydrogen) atoms. The van der Waals surface area contributed by atoms with E-state index in [4.69, 9.17) is 4.74 Å². The number of likely N-dealkylation sites (tertiary alicyclic amines) is 1. The number of ether oxygens (including phenoxy) is 1. The van der Waals surface area contributed by atoms with E-state index in [1.165, 1.54) is 0 Å². The number of carbonyl (C=O) groups is 1. The number of hydrogen-bond acceptors (Lipinski definition) is 3. The highest BCUT2D eigenvalue weighted by Crippen LogP contribution is 2.19. The average Bonchev–Trinajstić information content (AvgIpc) is 2.42. The Morgan fingerprint density at radius 3 is 2.68 bits per heavy atom. The molecule has 1 aliphatic rings. The van der Waals surface area contributed by atoms with Gasteiger partial charge < -0.3 is 14.7 Å². The van der Waals surface area contributed by atoms with Crippen molar-refractivity contribution in [1.82, 2.24) is 4.90 Å². The van der Waals surface area contributed by atoms with Gasteiger partial charge in [0, 0.05) is 25.8 Å². The Labute approximate surface area is 114 Å². The van der Waals surface area contributed by atoms with Crippen molar-refractivity contribution >= 4 is 5.91 Å². The molecule has 2 rings (SSSR count). The standard InChI is InChI=1S/C15H21NO3/c1-11-7-8-16(9-14(11)17)15(18)13-5-3-12(4-6-13)10-19-2/h3-6,11,14,17H,7-10H2,1-2H3. The molecule has 1 N–H and O–H groups in total. The first-order valence-corrected chi connectivity index (χ1v) is 6.67. The van der Waals surface area contributed by atoms with Crippen LogP contribution < -0.4 is 0 Å². The zero-order valence-corrected chi connectivity index (χ0v) is 11.5. The summed E-state index contributed by atoms with van der Waals surface area (Å²) in [7, 11) is 1.65. The summed E-state index contributed by atoms with van der Waals surface area (Å²) in [5.41, 5.74) is 1.72. The third kappa shape index (κ3) is 3.33. The van der Waals surface area contributed by atoms with Gasteiger partial charge >= 0.3 is 0 Å². The fourth-order valence-electron chi connectivity index (χ4n) is 2.33. The normalized spacial score (nSPS) is 23.4. The molecule has 0 radical (unpaired) electrons. The number of piperidine rings is 1. The highest BCUT2D eigenvalue weighted by molar-refractivity contribution is 5.94. The lowest BCUT2D eigenvalue weighted by Crippen LogP contribution is -2.45. The van der Waals surface area contributed by atoms with E-state index in [1.807, 2.05) is 31.2 Å². The summed E-state index contributed by atoms with van der Waals surface area (Å²) < 4.78 is 5.04. The minimum atomic E-state index is -0.412. The van der Waals surface area contributed by atoms with Gasteiger partial charge in [0.25, 0.3) is 5.91 Å². The van der Waals surface area contributed by atoms with Crippen molar-refractivity contribution in [1.29, 1.82) is 0 Å². The summed E-state index contributed by atoms with van der Waals surface area (Å²) >= 11 is 0. The summed E-state index contributed by atoms with van der Waals surface area (Å²) in [6.07, 6.45) is 0.444. The second-order valence-corrected chi connectivity index (χ2v) is 5.21. The lowest BCUT2D eigenvalue weighted by Gasteiger charge is -2.34. The van der Waals surface area contributed by atoms with Crippen LogP contribution in [0.4, 0.5) is 0 Å². The number of aliphatic hydroxyl groups excluding tert-OH is 1. The van der Waals surface area contributed by atoms with E-state index in [0.29, 0.717) is 18.7 Å². The first kappa shape index (κ1) is 14.0. The number of carbonyl (C=O) groups excluding carboxylic acids is 1. The van der Waals surface area contributed by atoms with Gasteiger partial charge in [-0.15, -0.1) is 0 Å². The minimum absolute atomic E-state index is 0.00471. The maximum absolute atomic E-state index is 12.3. The van der Waals surface area contributed by atoms with Crippen molar-refractivity contribution in [3.05, 3.63) is 35.4 Å². The van der Waals surface area contributed by atoms with Crippen molar-refractivity contribution < 1.29 is 14.6 Å². The zero-order chi connectivity index (χ0) is 13.8. The smallest absolute Gasteiger partial charge is 0.253 e. The van der Waals surface area contributed by atoms with Gasteiger partial charge in [0.05, 0.1) is 12.7 Å². The minimum Gasteiger partial charge on any atom is -0.391 e. The Bertz CT molecular complexity index is 430. The molecule has 0 aromatic heterocycles. The molecule has 1 aromatic rings. The van der Waals surface area contributed by atoms with Crippen molar-refractivity contribution in [3.63, 3.8) is 0 Å². The van der Waals surface area contributed by atoms with Crippen LogP contribution in [0.3, 0.4) is 0 Å². The topological polar surface area (TPSA) is 49.8 Å². The van der Waals surface area contributed by atoms with Gasteiger partial charge in [0.1, 0.15) is 0 Å². The summed E-state index contributed by atoms with van der Waals surface area (Å²) in [6, 6.07) is 7.45. The molecule has 0 aliphatic carbocycles. The van der Waals surface area contributed by atoms with Crippen molar-refractivity contribution in [2.45, 2.75) is 26.1 Å². The fraction of sp³-hybridized carbons (Fsp3) is 0.533. The highest BCUT2D eigenvalue weighted by atomic mass is 16.5. The first-order valence-electron chi connectivity index (χ1n) is 6.67. The molecule has 4 nitrogen and oxygen atoms in total. The van der Waals surface area contributed by atoms with Gasteiger partial charge in [-0.1, -0.05) is 19.1 Å². The number of nitrogens with zero attached hydrogens (tertiary/aromatic N) is 1. The zero-order valence-electron chi connectivity index (χ0n) is 11.5. The van der Waals surface area contributed by atoms with Crippen LogP contribution in [-0.4, -0.2) is 42.2 Å². The van der Waals surface area contributed by atoms with Gasteiger partial charge in [-0.2, -0.15) is 0 Å². The Hall–Kier alpha value is -1.39. The quantitative estimate of drug-likeness (QED) is 0.902. The van der Waals surface area contributed by atoms with E-state index in [-0.39, 0.29) is 11.8 Å². The summed E-state index contributed by atoms with van der Waals surface area (Å²) in [6.45, 7) is 3.72. The van der Waals surface area contributed by atoms with E-state index >= 15 is 0 Å². The van der Waals surface area contributed by atoms with Crippen LogP contribution in [0.15, 0.2) is 24.3 Å². The average molecular weight is 263 g/mol. The lowest BCUT2D eigenvalue weighted by atomic mass is 9.95. The van der Waals surface area contributed by atoms with E-state index in [9.17, 15) is 9.90 Å². The second kappa shape index (κ2) is 6.17. The molecular formula is C15H21NO3. The molecule has 2 atom stereocenters. The van der Waals surface area contributed by atoms with Gasteiger partial charge in [-0.05, 0) is 30.0 Å². The lowest BCUT2D eigenvalue weighted by molar-refractivity contribution is 0.0248. The van der Waals surface area contributed by atoms with E-state index < -0.39 is 6.10 Å². The Morgan fingerprint density at radius 1 is 1.42 bits per heavy atom. The number of benzene rings is 1. The van der Waals surface area contributed by atoms with E-state index in [1.54, 1.807) is 12.0 Å². The monoisotopic (exact) mass is 263 g/mol. The number of β-amino-alcohol motifs (C(OH)–C–C–N with tert-alkyl or cyclic N) is 1. The van der Waals surface area contributed by atoms with Crippen molar-refractivity contribution in [3.8, 4) is 0 Å². The molecule has 0 bridgehead atoms. The van der Waals surface area contributed by atoms with Crippen LogP contribution in [0, 0.1) is 5.92 Å². The Morgan fingerprint density at radius 2 is 2.11 bits per heavy atom. The second-order valence-electron chi connectivity index (χ2n) is 5.21. The fourth-order valence-corrected chi connectivity index (χ4v) is 2.33. The molecule has 2 unspecified atom stereocenters. The molecule has 4 heteroatoms. The summed E-state index contributed by atoms with van der Waals surface area (Å²) in [5.74, 6) is 0.267. The van der Waals surface area contributed by atoms with Crippen LogP contribution in [0.2, 0.25) is 0 Å². The predicted octanol–water partition coefficient (Wildman–Crippen LogP) is 1.68. The Balaban J connectivity index is 2.03. The molecule has 0 spiro atoms. The van der Waals surface area contributed by atoms with Crippen LogP contribution in [0.1, 0.15) is 29.3 Å². The molecule has 0 saturated carbocycles. The van der Waals surface area contributed by atoms with Crippen molar-refractivity contribution in [2.75, 3.05) is 20.2 Å². The third-order valence-corrected chi connectivity index (χ3v) is 3.72. The van der Waals surface area contributed by atoms with Gasteiger partial charge in [-0.25, -0.2) is 0 Å². The molecule has 1 heterocycles. The largest absolute Gasteiger partial charge is 0.391 e. The number of methoxy groups -OCH3 is 1. The SMILES string of the molecule is COCc1ccc(C(=O)N2CCC(C)C(O)C2)cc1. The summed E-state index contributed by atoms with van der Waals surface area (Å²) in [4.78, 5) is 14.0. The number of aliphatic hydroxyl groups is 1. The van der Waals surface area contributed by atoms with Crippen LogP contribution >= 0.6 is 0 Å². The highest BCUT2D eigenvalue weighted by Gasteiger charge is 2.27. The predicted molar refractivity (Wildman–Crippen MR) is 72.8 cm³/mol. The molecule has 1 saturated heterocycles.